The van der Waals surface area contributed by atoms with Gasteiger partial charge < -0.3 is 5.32 Å². The van der Waals surface area contributed by atoms with Gasteiger partial charge in [0.25, 0.3) is 0 Å². The molecule has 0 aliphatic heterocycles. The second-order valence-electron chi connectivity index (χ2n) is 5.45. The van der Waals surface area contributed by atoms with E-state index in [2.05, 4.69) is 26.1 Å². The summed E-state index contributed by atoms with van der Waals surface area (Å²) in [4.78, 5) is 0. The van der Waals surface area contributed by atoms with Crippen molar-refractivity contribution in [3.8, 4) is 0 Å². The Balaban J connectivity index is 3.86. The lowest BCUT2D eigenvalue weighted by Gasteiger charge is -2.22. The lowest BCUT2D eigenvalue weighted by atomic mass is 9.98. The van der Waals surface area contributed by atoms with Crippen LogP contribution in [0.4, 0.5) is 0 Å². The SMILES string of the molecule is CCCNC(CCCCS(=O)(=O)CCC)C(C)C. The van der Waals surface area contributed by atoms with E-state index in [9.17, 15) is 8.42 Å². The highest BCUT2D eigenvalue weighted by Crippen LogP contribution is 2.11. The second-order valence-corrected chi connectivity index (χ2v) is 7.76. The van der Waals surface area contributed by atoms with E-state index >= 15 is 0 Å². The summed E-state index contributed by atoms with van der Waals surface area (Å²) < 4.78 is 23.1. The van der Waals surface area contributed by atoms with Crippen molar-refractivity contribution in [1.29, 1.82) is 0 Å². The molecule has 0 heterocycles. The predicted octanol–water partition coefficient (Wildman–Crippen LogP) is 3.01. The van der Waals surface area contributed by atoms with Gasteiger partial charge in [-0.3, -0.25) is 0 Å². The highest BCUT2D eigenvalue weighted by Gasteiger charge is 2.13. The number of nitrogens with one attached hydrogen (secondary N) is 1. The molecule has 110 valence electrons. The maximum atomic E-state index is 11.6. The molecule has 0 bridgehead atoms. The first kappa shape index (κ1) is 17.9. The Labute approximate surface area is 114 Å². The summed E-state index contributed by atoms with van der Waals surface area (Å²) in [6, 6.07) is 0.527. The van der Waals surface area contributed by atoms with E-state index in [1.54, 1.807) is 0 Å². The molecule has 0 amide bonds. The minimum absolute atomic E-state index is 0.342. The van der Waals surface area contributed by atoms with E-state index in [0.29, 0.717) is 23.5 Å². The van der Waals surface area contributed by atoms with Crippen molar-refractivity contribution in [2.45, 2.75) is 65.8 Å². The van der Waals surface area contributed by atoms with Crippen LogP contribution in [0.1, 0.15) is 59.8 Å². The largest absolute Gasteiger partial charge is 0.314 e. The van der Waals surface area contributed by atoms with Crippen LogP contribution in [0.3, 0.4) is 0 Å². The molecule has 0 fully saturated rings. The summed E-state index contributed by atoms with van der Waals surface area (Å²) in [6.45, 7) is 9.59. The van der Waals surface area contributed by atoms with Crippen molar-refractivity contribution < 1.29 is 8.42 Å². The Hall–Kier alpha value is -0.0900. The Morgan fingerprint density at radius 1 is 1.00 bits per heavy atom. The van der Waals surface area contributed by atoms with E-state index < -0.39 is 9.84 Å². The Bertz CT molecular complexity index is 286. The maximum Gasteiger partial charge on any atom is 0.150 e. The van der Waals surface area contributed by atoms with Gasteiger partial charge in [-0.05, 0) is 38.1 Å². The molecular formula is C14H31NO2S. The van der Waals surface area contributed by atoms with Crippen LogP contribution in [-0.4, -0.2) is 32.5 Å². The molecule has 0 aromatic rings. The Kier molecular flexibility index (Phi) is 9.74. The monoisotopic (exact) mass is 277 g/mol. The highest BCUT2D eigenvalue weighted by atomic mass is 32.2. The molecule has 0 aromatic carbocycles. The number of sulfone groups is 1. The number of rotatable bonds is 11. The first-order valence-electron chi connectivity index (χ1n) is 7.36. The second kappa shape index (κ2) is 9.79. The Morgan fingerprint density at radius 2 is 1.67 bits per heavy atom. The molecule has 0 saturated heterocycles. The zero-order valence-corrected chi connectivity index (χ0v) is 13.4. The van der Waals surface area contributed by atoms with E-state index in [1.807, 2.05) is 6.92 Å². The molecule has 0 radical (unpaired) electrons. The summed E-state index contributed by atoms with van der Waals surface area (Å²) in [5.41, 5.74) is 0. The molecule has 0 rings (SSSR count). The molecule has 0 spiro atoms. The van der Waals surface area contributed by atoms with Gasteiger partial charge in [-0.25, -0.2) is 8.42 Å². The van der Waals surface area contributed by atoms with Gasteiger partial charge in [-0.1, -0.05) is 34.1 Å². The van der Waals surface area contributed by atoms with Crippen LogP contribution in [-0.2, 0) is 9.84 Å². The minimum Gasteiger partial charge on any atom is -0.314 e. The van der Waals surface area contributed by atoms with Crippen LogP contribution in [0.5, 0.6) is 0 Å². The summed E-state index contributed by atoms with van der Waals surface area (Å²) in [7, 11) is -2.79. The average Bonchev–Trinajstić information content (AvgIpc) is 2.27. The third-order valence-electron chi connectivity index (χ3n) is 3.20. The minimum atomic E-state index is -2.79. The van der Waals surface area contributed by atoms with Crippen molar-refractivity contribution in [2.75, 3.05) is 18.1 Å². The van der Waals surface area contributed by atoms with Crippen molar-refractivity contribution in [3.63, 3.8) is 0 Å². The Morgan fingerprint density at radius 3 is 2.17 bits per heavy atom. The van der Waals surface area contributed by atoms with Gasteiger partial charge in [-0.15, -0.1) is 0 Å². The lowest BCUT2D eigenvalue weighted by Crippen LogP contribution is -2.34. The normalized spacial score (nSPS) is 14.1. The third-order valence-corrected chi connectivity index (χ3v) is 5.14. The van der Waals surface area contributed by atoms with Gasteiger partial charge >= 0.3 is 0 Å². The van der Waals surface area contributed by atoms with Gasteiger partial charge in [0.15, 0.2) is 0 Å². The van der Waals surface area contributed by atoms with E-state index in [0.717, 1.165) is 38.6 Å². The topological polar surface area (TPSA) is 46.2 Å². The lowest BCUT2D eigenvalue weighted by molar-refractivity contribution is 0.369. The van der Waals surface area contributed by atoms with Crippen LogP contribution >= 0.6 is 0 Å². The summed E-state index contributed by atoms with van der Waals surface area (Å²) >= 11 is 0. The average molecular weight is 277 g/mol. The molecular weight excluding hydrogens is 246 g/mol. The molecule has 1 unspecified atom stereocenters. The quantitative estimate of drug-likeness (QED) is 0.591. The maximum absolute atomic E-state index is 11.6. The number of hydrogen-bond acceptors (Lipinski definition) is 3. The molecule has 0 aromatic heterocycles. The zero-order valence-electron chi connectivity index (χ0n) is 12.5. The summed E-state index contributed by atoms with van der Waals surface area (Å²) in [6.07, 6.45) is 4.77. The molecule has 4 heteroatoms. The van der Waals surface area contributed by atoms with Crippen LogP contribution in [0, 0.1) is 5.92 Å². The van der Waals surface area contributed by atoms with E-state index in [-0.39, 0.29) is 0 Å². The molecule has 1 N–H and O–H groups in total. The molecule has 18 heavy (non-hydrogen) atoms. The molecule has 0 aliphatic rings. The highest BCUT2D eigenvalue weighted by molar-refractivity contribution is 7.91. The van der Waals surface area contributed by atoms with Gasteiger partial charge in [0.05, 0.1) is 5.75 Å². The summed E-state index contributed by atoms with van der Waals surface area (Å²) in [5, 5.41) is 3.54. The molecule has 0 aliphatic carbocycles. The van der Waals surface area contributed by atoms with Crippen molar-refractivity contribution in [1.82, 2.24) is 5.32 Å². The smallest absolute Gasteiger partial charge is 0.150 e. The van der Waals surface area contributed by atoms with Gasteiger partial charge in [0, 0.05) is 11.8 Å². The van der Waals surface area contributed by atoms with E-state index in [4.69, 9.17) is 0 Å². The fourth-order valence-corrected chi connectivity index (χ4v) is 3.57. The molecule has 1 atom stereocenters. The van der Waals surface area contributed by atoms with Gasteiger partial charge in [0.1, 0.15) is 9.84 Å². The van der Waals surface area contributed by atoms with Crippen molar-refractivity contribution in [3.05, 3.63) is 0 Å². The van der Waals surface area contributed by atoms with Crippen molar-refractivity contribution >= 4 is 9.84 Å². The van der Waals surface area contributed by atoms with Crippen LogP contribution in [0.25, 0.3) is 0 Å². The van der Waals surface area contributed by atoms with Crippen LogP contribution < -0.4 is 5.32 Å². The molecule has 0 saturated carbocycles. The summed E-state index contributed by atoms with van der Waals surface area (Å²) in [5.74, 6) is 1.32. The fraction of sp³-hybridized carbons (Fsp3) is 1.00. The third kappa shape index (κ3) is 8.92. The van der Waals surface area contributed by atoms with Crippen LogP contribution in [0.15, 0.2) is 0 Å². The standard InChI is InChI=1S/C14H31NO2S/c1-5-10-15-14(13(3)4)9-7-8-12-18(16,17)11-6-2/h13-15H,5-12H2,1-4H3. The van der Waals surface area contributed by atoms with Gasteiger partial charge in [0.2, 0.25) is 0 Å². The molecule has 3 nitrogen and oxygen atoms in total. The predicted molar refractivity (Wildman–Crippen MR) is 79.7 cm³/mol. The first-order valence-corrected chi connectivity index (χ1v) is 9.18. The fourth-order valence-electron chi connectivity index (χ4n) is 2.10. The zero-order chi connectivity index (χ0) is 14.0. The number of hydrogen-bond donors (Lipinski definition) is 1. The number of unbranched alkanes of at least 4 members (excludes halogenated alkanes) is 1. The van der Waals surface area contributed by atoms with E-state index in [1.165, 1.54) is 0 Å². The van der Waals surface area contributed by atoms with Crippen molar-refractivity contribution in [2.24, 2.45) is 5.92 Å². The first-order chi connectivity index (χ1) is 8.43. The van der Waals surface area contributed by atoms with Gasteiger partial charge in [-0.2, -0.15) is 0 Å². The van der Waals surface area contributed by atoms with Crippen LogP contribution in [0.2, 0.25) is 0 Å².